The lowest BCUT2D eigenvalue weighted by atomic mass is 10.0. The van der Waals surface area contributed by atoms with Crippen LogP contribution in [-0.4, -0.2) is 53.3 Å². The van der Waals surface area contributed by atoms with Crippen molar-refractivity contribution in [2.45, 2.75) is 37.9 Å². The van der Waals surface area contributed by atoms with Gasteiger partial charge in [0.15, 0.2) is 18.1 Å². The first kappa shape index (κ1) is 21.0. The normalized spacial score (nSPS) is 15.4. The highest BCUT2D eigenvalue weighted by molar-refractivity contribution is 5.76. The lowest BCUT2D eigenvalue weighted by Crippen LogP contribution is -2.39. The molecule has 0 aliphatic carbocycles. The molecule has 3 rings (SSSR count). The summed E-state index contributed by atoms with van der Waals surface area (Å²) in [6.45, 7) is 0.0284. The number of aromatic nitrogens is 2. The van der Waals surface area contributed by atoms with E-state index in [1.807, 2.05) is 11.1 Å². The molecule has 0 atom stereocenters. The molecule has 9 heteroatoms. The summed E-state index contributed by atoms with van der Waals surface area (Å²) in [4.78, 5) is 18.5. The average molecular weight is 411 g/mol. The number of carbonyl (C=O) groups excluding carboxylic acids is 1. The first-order valence-electron chi connectivity index (χ1n) is 9.47. The van der Waals surface area contributed by atoms with Crippen molar-refractivity contribution in [1.82, 2.24) is 14.5 Å². The standard InChI is InChI=1S/C20H24F3N3O3/c1-28-18-12-15(2-4-17(18)29-13-20(21,22)23)3-5-19(27)25-9-6-16(7-10-25)26-11-8-24-14-26/h2,4,8,11-12,14,16H,3,5-7,9-10,13H2,1H3. The molecule has 6 nitrogen and oxygen atoms in total. The van der Waals surface area contributed by atoms with Crippen LogP contribution in [0.3, 0.4) is 0 Å². The van der Waals surface area contributed by atoms with Gasteiger partial charge in [-0.2, -0.15) is 13.2 Å². The number of hydrogen-bond donors (Lipinski definition) is 0. The molecule has 0 bridgehead atoms. The minimum absolute atomic E-state index is 0.0291. The number of methoxy groups -OCH3 is 1. The predicted molar refractivity (Wildman–Crippen MR) is 99.9 cm³/mol. The van der Waals surface area contributed by atoms with Crippen LogP contribution >= 0.6 is 0 Å². The Bertz CT molecular complexity index is 801. The molecule has 158 valence electrons. The Hall–Kier alpha value is -2.71. The number of rotatable bonds is 7. The van der Waals surface area contributed by atoms with Gasteiger partial charge in [-0.05, 0) is 37.0 Å². The number of hydrogen-bond acceptors (Lipinski definition) is 4. The van der Waals surface area contributed by atoms with Crippen molar-refractivity contribution in [2.75, 3.05) is 26.8 Å². The summed E-state index contributed by atoms with van der Waals surface area (Å²) in [7, 11) is 1.37. The van der Waals surface area contributed by atoms with E-state index >= 15 is 0 Å². The zero-order valence-electron chi connectivity index (χ0n) is 16.2. The third kappa shape index (κ3) is 5.88. The molecule has 29 heavy (non-hydrogen) atoms. The number of benzene rings is 1. The summed E-state index contributed by atoms with van der Waals surface area (Å²) in [5.41, 5.74) is 0.808. The molecule has 2 heterocycles. The predicted octanol–water partition coefficient (Wildman–Crippen LogP) is 3.63. The third-order valence-corrected chi connectivity index (χ3v) is 5.01. The van der Waals surface area contributed by atoms with E-state index in [-0.39, 0.29) is 17.4 Å². The Morgan fingerprint density at radius 1 is 1.24 bits per heavy atom. The van der Waals surface area contributed by atoms with Crippen LogP contribution in [0.25, 0.3) is 0 Å². The van der Waals surface area contributed by atoms with Crippen LogP contribution in [-0.2, 0) is 11.2 Å². The van der Waals surface area contributed by atoms with Gasteiger partial charge in [-0.1, -0.05) is 6.07 Å². The Morgan fingerprint density at radius 3 is 2.62 bits per heavy atom. The fraction of sp³-hybridized carbons (Fsp3) is 0.500. The summed E-state index contributed by atoms with van der Waals surface area (Å²) in [6, 6.07) is 5.09. The Balaban J connectivity index is 1.50. The highest BCUT2D eigenvalue weighted by Gasteiger charge is 2.29. The van der Waals surface area contributed by atoms with Crippen LogP contribution < -0.4 is 9.47 Å². The monoisotopic (exact) mass is 411 g/mol. The zero-order chi connectivity index (χ0) is 20.9. The second-order valence-corrected chi connectivity index (χ2v) is 7.01. The van der Waals surface area contributed by atoms with Crippen molar-refractivity contribution >= 4 is 5.91 Å². The highest BCUT2D eigenvalue weighted by Crippen LogP contribution is 2.30. The van der Waals surface area contributed by atoms with Crippen molar-refractivity contribution in [3.8, 4) is 11.5 Å². The fourth-order valence-corrected chi connectivity index (χ4v) is 3.45. The maximum Gasteiger partial charge on any atom is 0.422 e. The molecule has 1 aromatic heterocycles. The molecular formula is C20H24F3N3O3. The Morgan fingerprint density at radius 2 is 2.00 bits per heavy atom. The molecule has 1 aliphatic heterocycles. The van der Waals surface area contributed by atoms with E-state index in [9.17, 15) is 18.0 Å². The number of ether oxygens (including phenoxy) is 2. The van der Waals surface area contributed by atoms with Gasteiger partial charge in [0.2, 0.25) is 5.91 Å². The zero-order valence-corrected chi connectivity index (χ0v) is 16.2. The van der Waals surface area contributed by atoms with Gasteiger partial charge < -0.3 is 18.9 Å². The van der Waals surface area contributed by atoms with Gasteiger partial charge in [0.25, 0.3) is 0 Å². The van der Waals surface area contributed by atoms with Gasteiger partial charge in [0, 0.05) is 37.9 Å². The highest BCUT2D eigenvalue weighted by atomic mass is 19.4. The number of amides is 1. The molecule has 2 aromatic rings. The van der Waals surface area contributed by atoms with Crippen molar-refractivity contribution in [3.05, 3.63) is 42.5 Å². The van der Waals surface area contributed by atoms with E-state index in [1.165, 1.54) is 13.2 Å². The molecule has 0 radical (unpaired) electrons. The first-order valence-corrected chi connectivity index (χ1v) is 9.47. The van der Waals surface area contributed by atoms with Crippen LogP contribution in [0, 0.1) is 0 Å². The van der Waals surface area contributed by atoms with Gasteiger partial charge in [0.1, 0.15) is 0 Å². The topological polar surface area (TPSA) is 56.6 Å². The quantitative estimate of drug-likeness (QED) is 0.698. The maximum atomic E-state index is 12.5. The summed E-state index contributed by atoms with van der Waals surface area (Å²) in [5.74, 6) is 0.326. The van der Waals surface area contributed by atoms with Gasteiger partial charge in [-0.25, -0.2) is 4.98 Å². The van der Waals surface area contributed by atoms with Gasteiger partial charge in [0.05, 0.1) is 13.4 Å². The van der Waals surface area contributed by atoms with Crippen molar-refractivity contribution in [3.63, 3.8) is 0 Å². The summed E-state index contributed by atoms with van der Waals surface area (Å²) >= 11 is 0. The second kappa shape index (κ2) is 9.19. The minimum Gasteiger partial charge on any atom is -0.493 e. The number of nitrogens with zero attached hydrogens (tertiary/aromatic N) is 3. The minimum atomic E-state index is -4.42. The SMILES string of the molecule is COc1cc(CCC(=O)N2CCC(n3ccnc3)CC2)ccc1OCC(F)(F)F. The van der Waals surface area contributed by atoms with E-state index in [0.29, 0.717) is 32.0 Å². The smallest absolute Gasteiger partial charge is 0.422 e. The molecule has 1 aromatic carbocycles. The number of alkyl halides is 3. The molecule has 0 saturated carbocycles. The number of likely N-dealkylation sites (tertiary alicyclic amines) is 1. The molecule has 0 N–H and O–H groups in total. The second-order valence-electron chi connectivity index (χ2n) is 7.01. The number of aryl methyl sites for hydroxylation is 1. The van der Waals surface area contributed by atoms with Gasteiger partial charge in [-0.3, -0.25) is 4.79 Å². The van der Waals surface area contributed by atoms with E-state index in [1.54, 1.807) is 24.7 Å². The molecular weight excluding hydrogens is 387 g/mol. The van der Waals surface area contributed by atoms with Crippen LogP contribution in [0.5, 0.6) is 11.5 Å². The summed E-state index contributed by atoms with van der Waals surface area (Å²) < 4.78 is 49.0. The number of carbonyl (C=O) groups is 1. The molecule has 0 unspecified atom stereocenters. The van der Waals surface area contributed by atoms with Crippen LogP contribution in [0.15, 0.2) is 36.9 Å². The average Bonchev–Trinajstić information content (AvgIpc) is 3.25. The first-order chi connectivity index (χ1) is 13.9. The van der Waals surface area contributed by atoms with Crippen molar-refractivity contribution in [1.29, 1.82) is 0 Å². The fourth-order valence-electron chi connectivity index (χ4n) is 3.45. The summed E-state index contributed by atoms with van der Waals surface area (Å²) in [6.07, 6.45) is 3.68. The van der Waals surface area contributed by atoms with Crippen molar-refractivity contribution in [2.24, 2.45) is 0 Å². The lowest BCUT2D eigenvalue weighted by Gasteiger charge is -2.32. The van der Waals surface area contributed by atoms with E-state index in [4.69, 9.17) is 9.47 Å². The maximum absolute atomic E-state index is 12.5. The largest absolute Gasteiger partial charge is 0.493 e. The Kier molecular flexibility index (Phi) is 6.66. The van der Waals surface area contributed by atoms with E-state index in [2.05, 4.69) is 9.55 Å². The van der Waals surface area contributed by atoms with Crippen LogP contribution in [0.1, 0.15) is 30.9 Å². The molecule has 1 saturated heterocycles. The van der Waals surface area contributed by atoms with Crippen molar-refractivity contribution < 1.29 is 27.4 Å². The third-order valence-electron chi connectivity index (χ3n) is 5.01. The van der Waals surface area contributed by atoms with E-state index < -0.39 is 12.8 Å². The summed E-state index contributed by atoms with van der Waals surface area (Å²) in [5, 5.41) is 0. The molecule has 1 aliphatic rings. The van der Waals surface area contributed by atoms with Crippen LogP contribution in [0.4, 0.5) is 13.2 Å². The lowest BCUT2D eigenvalue weighted by molar-refractivity contribution is -0.153. The van der Waals surface area contributed by atoms with Gasteiger partial charge in [-0.15, -0.1) is 0 Å². The van der Waals surface area contributed by atoms with Gasteiger partial charge >= 0.3 is 6.18 Å². The molecule has 0 spiro atoms. The van der Waals surface area contributed by atoms with E-state index in [0.717, 1.165) is 18.4 Å². The Labute approximate surface area is 167 Å². The number of piperidine rings is 1. The molecule has 1 fully saturated rings. The van der Waals surface area contributed by atoms with Crippen LogP contribution in [0.2, 0.25) is 0 Å². The number of imidazole rings is 1. The number of halogens is 3. The molecule has 1 amide bonds.